The molecule has 4 aromatic rings. The molecule has 1 heterocycles. The summed E-state index contributed by atoms with van der Waals surface area (Å²) in [6.45, 7) is 2.13. The van der Waals surface area contributed by atoms with Crippen molar-refractivity contribution in [2.75, 3.05) is 0 Å². The summed E-state index contributed by atoms with van der Waals surface area (Å²) in [5.74, 6) is 2.03. The molecule has 0 saturated heterocycles. The lowest BCUT2D eigenvalue weighted by Gasteiger charge is -2.27. The maximum absolute atomic E-state index is 6.36. The molecular formula is C26H20O. The van der Waals surface area contributed by atoms with Gasteiger partial charge in [0, 0.05) is 17.0 Å². The molecule has 130 valence electrons. The highest BCUT2D eigenvalue weighted by molar-refractivity contribution is 5.90. The molecule has 1 aliphatic rings. The first-order valence-corrected chi connectivity index (χ1v) is 9.33. The average molecular weight is 348 g/mol. The molecule has 0 aliphatic carbocycles. The van der Waals surface area contributed by atoms with Crippen LogP contribution in [0.3, 0.4) is 0 Å². The van der Waals surface area contributed by atoms with Crippen molar-refractivity contribution < 1.29 is 4.74 Å². The fourth-order valence-electron chi connectivity index (χ4n) is 3.87. The van der Waals surface area contributed by atoms with Crippen LogP contribution in [0.5, 0.6) is 5.75 Å². The molecule has 0 saturated carbocycles. The fraction of sp³-hybridized carbons (Fsp3) is 0.0769. The predicted molar refractivity (Wildman–Crippen MR) is 112 cm³/mol. The molecule has 5 rings (SSSR count). The van der Waals surface area contributed by atoms with Crippen molar-refractivity contribution in [3.05, 3.63) is 119 Å². The summed E-state index contributed by atoms with van der Waals surface area (Å²) in [7, 11) is 0. The van der Waals surface area contributed by atoms with E-state index in [9.17, 15) is 0 Å². The molecule has 1 aliphatic heterocycles. The average Bonchev–Trinajstić information content (AvgIpc) is 2.74. The van der Waals surface area contributed by atoms with Crippen LogP contribution in [0, 0.1) is 6.92 Å². The molecule has 0 spiro atoms. The minimum Gasteiger partial charge on any atom is -0.457 e. The van der Waals surface area contributed by atoms with Gasteiger partial charge in [0.05, 0.1) is 0 Å². The van der Waals surface area contributed by atoms with E-state index in [1.165, 1.54) is 27.5 Å². The highest BCUT2D eigenvalue weighted by Crippen LogP contribution is 2.44. The Labute approximate surface area is 159 Å². The number of aryl methyl sites for hydroxylation is 1. The summed E-state index contributed by atoms with van der Waals surface area (Å²) >= 11 is 0. The number of hydrogen-bond donors (Lipinski definition) is 0. The molecule has 1 atom stereocenters. The number of benzene rings is 4. The van der Waals surface area contributed by atoms with Crippen LogP contribution in [0.25, 0.3) is 16.5 Å². The van der Waals surface area contributed by atoms with Gasteiger partial charge in [0.1, 0.15) is 11.5 Å². The molecule has 0 N–H and O–H groups in total. The van der Waals surface area contributed by atoms with Crippen LogP contribution in [0.4, 0.5) is 0 Å². The molecule has 1 heteroatoms. The molecule has 0 amide bonds. The van der Waals surface area contributed by atoms with Gasteiger partial charge in [0.15, 0.2) is 0 Å². The second-order valence-electron chi connectivity index (χ2n) is 7.09. The zero-order chi connectivity index (χ0) is 18.2. The van der Waals surface area contributed by atoms with Gasteiger partial charge < -0.3 is 4.74 Å². The van der Waals surface area contributed by atoms with Gasteiger partial charge in [0.25, 0.3) is 0 Å². The minimum atomic E-state index is 0.163. The van der Waals surface area contributed by atoms with Crippen molar-refractivity contribution in [3.63, 3.8) is 0 Å². The van der Waals surface area contributed by atoms with Gasteiger partial charge in [-0.1, -0.05) is 90.5 Å². The van der Waals surface area contributed by atoms with Crippen LogP contribution < -0.4 is 4.74 Å². The quantitative estimate of drug-likeness (QED) is 0.391. The lowest BCUT2D eigenvalue weighted by Crippen LogP contribution is -2.11. The monoisotopic (exact) mass is 348 g/mol. The third-order valence-corrected chi connectivity index (χ3v) is 5.27. The van der Waals surface area contributed by atoms with Gasteiger partial charge in [0.2, 0.25) is 0 Å². The van der Waals surface area contributed by atoms with Crippen molar-refractivity contribution >= 4 is 16.5 Å². The summed E-state index contributed by atoms with van der Waals surface area (Å²) in [5.41, 5.74) is 4.91. The zero-order valence-electron chi connectivity index (χ0n) is 15.2. The molecule has 1 unspecified atom stereocenters. The molecule has 1 nitrogen and oxygen atoms in total. The van der Waals surface area contributed by atoms with Gasteiger partial charge >= 0.3 is 0 Å². The largest absolute Gasteiger partial charge is 0.457 e. The lowest BCUT2D eigenvalue weighted by molar-refractivity contribution is 0.494. The van der Waals surface area contributed by atoms with Gasteiger partial charge in [-0.25, -0.2) is 0 Å². The lowest BCUT2D eigenvalue weighted by atomic mass is 9.84. The van der Waals surface area contributed by atoms with Crippen molar-refractivity contribution in [1.29, 1.82) is 0 Å². The maximum Gasteiger partial charge on any atom is 0.132 e. The first-order valence-electron chi connectivity index (χ1n) is 9.33. The molecule has 0 fully saturated rings. The highest BCUT2D eigenvalue weighted by atomic mass is 16.5. The number of hydrogen-bond acceptors (Lipinski definition) is 1. The van der Waals surface area contributed by atoms with Gasteiger partial charge in [-0.2, -0.15) is 0 Å². The van der Waals surface area contributed by atoms with Gasteiger partial charge in [-0.15, -0.1) is 0 Å². The minimum absolute atomic E-state index is 0.163. The Bertz CT molecular complexity index is 1140. The van der Waals surface area contributed by atoms with Crippen LogP contribution in [0.15, 0.2) is 97.1 Å². The topological polar surface area (TPSA) is 9.23 Å². The van der Waals surface area contributed by atoms with E-state index in [-0.39, 0.29) is 5.92 Å². The number of allylic oxidation sites excluding steroid dienone is 1. The first kappa shape index (κ1) is 15.9. The van der Waals surface area contributed by atoms with Crippen LogP contribution >= 0.6 is 0 Å². The van der Waals surface area contributed by atoms with Crippen molar-refractivity contribution in [2.24, 2.45) is 0 Å². The van der Waals surface area contributed by atoms with E-state index in [1.807, 2.05) is 6.07 Å². The van der Waals surface area contributed by atoms with E-state index < -0.39 is 0 Å². The Morgan fingerprint density at radius 3 is 2.26 bits per heavy atom. The SMILES string of the molecule is Cc1ccc(C2C=C(c3ccccc3)Oc3ccc4ccccc4c32)cc1. The van der Waals surface area contributed by atoms with Gasteiger partial charge in [-0.3, -0.25) is 0 Å². The highest BCUT2D eigenvalue weighted by Gasteiger charge is 2.26. The number of fused-ring (bicyclic) bond motifs is 3. The molecular weight excluding hydrogens is 328 g/mol. The summed E-state index contributed by atoms with van der Waals surface area (Å²) in [6.07, 6.45) is 2.26. The third kappa shape index (κ3) is 2.82. The Balaban J connectivity index is 1.75. The number of rotatable bonds is 2. The molecule has 0 radical (unpaired) electrons. The van der Waals surface area contributed by atoms with Crippen LogP contribution in [-0.4, -0.2) is 0 Å². The van der Waals surface area contributed by atoms with E-state index >= 15 is 0 Å². The Hall–Kier alpha value is -3.32. The smallest absolute Gasteiger partial charge is 0.132 e. The predicted octanol–water partition coefficient (Wildman–Crippen LogP) is 6.71. The Morgan fingerprint density at radius 2 is 1.44 bits per heavy atom. The van der Waals surface area contributed by atoms with E-state index in [0.29, 0.717) is 0 Å². The Kier molecular flexibility index (Phi) is 3.79. The van der Waals surface area contributed by atoms with E-state index in [1.54, 1.807) is 0 Å². The van der Waals surface area contributed by atoms with E-state index in [0.717, 1.165) is 17.1 Å². The summed E-state index contributed by atoms with van der Waals surface area (Å²) < 4.78 is 6.36. The van der Waals surface area contributed by atoms with Gasteiger partial charge in [-0.05, 0) is 35.4 Å². The third-order valence-electron chi connectivity index (χ3n) is 5.27. The summed E-state index contributed by atoms with van der Waals surface area (Å²) in [4.78, 5) is 0. The molecule has 0 bridgehead atoms. The standard InChI is InChI=1S/C26H20O/c1-18-11-13-20(14-12-18)23-17-25(21-8-3-2-4-9-21)27-24-16-15-19-7-5-6-10-22(19)26(23)24/h2-17,23H,1H3. The second kappa shape index (κ2) is 6.44. The molecule has 27 heavy (non-hydrogen) atoms. The van der Waals surface area contributed by atoms with Crippen LogP contribution in [0.1, 0.15) is 28.2 Å². The zero-order valence-corrected chi connectivity index (χ0v) is 15.2. The van der Waals surface area contributed by atoms with Crippen molar-refractivity contribution in [1.82, 2.24) is 0 Å². The van der Waals surface area contributed by atoms with Crippen LogP contribution in [0.2, 0.25) is 0 Å². The first-order chi connectivity index (χ1) is 13.3. The second-order valence-corrected chi connectivity index (χ2v) is 7.09. The summed E-state index contributed by atoms with van der Waals surface area (Å²) in [6, 6.07) is 32.0. The van der Waals surface area contributed by atoms with Crippen molar-refractivity contribution in [3.8, 4) is 5.75 Å². The normalized spacial score (nSPS) is 15.7. The van der Waals surface area contributed by atoms with Crippen LogP contribution in [-0.2, 0) is 0 Å². The molecule has 4 aromatic carbocycles. The molecule has 0 aromatic heterocycles. The fourth-order valence-corrected chi connectivity index (χ4v) is 3.87. The number of ether oxygens (including phenoxy) is 1. The van der Waals surface area contributed by atoms with Crippen molar-refractivity contribution in [2.45, 2.75) is 12.8 Å². The Morgan fingerprint density at radius 1 is 0.704 bits per heavy atom. The maximum atomic E-state index is 6.36. The van der Waals surface area contributed by atoms with E-state index in [4.69, 9.17) is 4.74 Å². The summed E-state index contributed by atoms with van der Waals surface area (Å²) in [5, 5.41) is 2.50. The van der Waals surface area contributed by atoms with E-state index in [2.05, 4.69) is 97.9 Å².